The van der Waals surface area contributed by atoms with E-state index in [1.807, 2.05) is 6.07 Å². The molecule has 3 rings (SSSR count). The second kappa shape index (κ2) is 6.03. The Kier molecular flexibility index (Phi) is 4.26. The number of nitrogens with zero attached hydrogens (tertiary/aromatic N) is 2. The van der Waals surface area contributed by atoms with Crippen molar-refractivity contribution >= 4 is 40.7 Å². The summed E-state index contributed by atoms with van der Waals surface area (Å²) < 4.78 is 0. The van der Waals surface area contributed by atoms with Gasteiger partial charge in [0.25, 0.3) is 5.91 Å². The van der Waals surface area contributed by atoms with Crippen LogP contribution in [-0.4, -0.2) is 22.4 Å². The van der Waals surface area contributed by atoms with Gasteiger partial charge < -0.3 is 5.32 Å². The lowest BCUT2D eigenvalue weighted by molar-refractivity contribution is 0.0949. The number of carbonyl (C=O) groups excluding carboxylic acids is 1. The summed E-state index contributed by atoms with van der Waals surface area (Å²) >= 11 is 17.9. The number of amides is 1. The number of pyridine rings is 2. The average Bonchev–Trinajstić information content (AvgIpc) is 3.26. The molecule has 0 atom stereocenters. The lowest BCUT2D eigenvalue weighted by Gasteiger charge is -2.17. The van der Waals surface area contributed by atoms with E-state index >= 15 is 0 Å². The summed E-state index contributed by atoms with van der Waals surface area (Å²) in [4.78, 5) is 20.2. The molecule has 114 valence electrons. The van der Waals surface area contributed by atoms with Gasteiger partial charge >= 0.3 is 0 Å². The fraction of sp³-hybridized carbons (Fsp3) is 0.267. The van der Waals surface area contributed by atoms with E-state index in [1.165, 1.54) is 0 Å². The van der Waals surface area contributed by atoms with E-state index in [2.05, 4.69) is 15.3 Å². The van der Waals surface area contributed by atoms with Crippen LogP contribution in [0, 0.1) is 0 Å². The lowest BCUT2D eigenvalue weighted by atomic mass is 9.97. The molecule has 7 heteroatoms. The van der Waals surface area contributed by atoms with Gasteiger partial charge in [0.1, 0.15) is 15.5 Å². The monoisotopic (exact) mass is 355 g/mol. The maximum Gasteiger partial charge on any atom is 0.254 e. The van der Waals surface area contributed by atoms with E-state index in [-0.39, 0.29) is 16.5 Å². The van der Waals surface area contributed by atoms with E-state index in [9.17, 15) is 4.79 Å². The third-order valence-corrected chi connectivity index (χ3v) is 4.63. The topological polar surface area (TPSA) is 54.9 Å². The fourth-order valence-corrected chi connectivity index (χ4v) is 3.15. The van der Waals surface area contributed by atoms with Gasteiger partial charge in [0, 0.05) is 18.2 Å². The first-order valence-electron chi connectivity index (χ1n) is 6.73. The minimum atomic E-state index is -0.248. The van der Waals surface area contributed by atoms with Crippen LogP contribution in [0.15, 0.2) is 30.5 Å². The van der Waals surface area contributed by atoms with Crippen LogP contribution in [0.25, 0.3) is 0 Å². The second-order valence-corrected chi connectivity index (χ2v) is 6.38. The van der Waals surface area contributed by atoms with Crippen molar-refractivity contribution in [3.63, 3.8) is 0 Å². The molecule has 1 amide bonds. The molecule has 2 heterocycles. The number of hydrogen-bond donors (Lipinski definition) is 1. The normalized spacial score (nSPS) is 15.4. The zero-order valence-corrected chi connectivity index (χ0v) is 13.7. The van der Waals surface area contributed by atoms with Gasteiger partial charge in [0.2, 0.25) is 0 Å². The van der Waals surface area contributed by atoms with Crippen molar-refractivity contribution in [3.05, 3.63) is 57.0 Å². The highest BCUT2D eigenvalue weighted by Crippen LogP contribution is 2.49. The maximum atomic E-state index is 12.2. The van der Waals surface area contributed by atoms with Crippen LogP contribution in [0.2, 0.25) is 15.5 Å². The first kappa shape index (κ1) is 15.5. The molecular weight excluding hydrogens is 345 g/mol. The van der Waals surface area contributed by atoms with Gasteiger partial charge in [-0.1, -0.05) is 40.9 Å². The van der Waals surface area contributed by atoms with Crippen molar-refractivity contribution < 1.29 is 4.79 Å². The Morgan fingerprint density at radius 3 is 2.59 bits per heavy atom. The Morgan fingerprint density at radius 1 is 1.18 bits per heavy atom. The van der Waals surface area contributed by atoms with Gasteiger partial charge in [0.05, 0.1) is 5.56 Å². The van der Waals surface area contributed by atoms with Crippen molar-refractivity contribution in [3.8, 4) is 0 Å². The molecule has 1 fully saturated rings. The Balaban J connectivity index is 1.73. The van der Waals surface area contributed by atoms with Crippen molar-refractivity contribution in [2.75, 3.05) is 6.54 Å². The minimum absolute atomic E-state index is 0.168. The molecule has 0 bridgehead atoms. The Bertz CT molecular complexity index is 732. The second-order valence-electron chi connectivity index (χ2n) is 5.28. The van der Waals surface area contributed by atoms with Gasteiger partial charge in [0.15, 0.2) is 0 Å². The Hall–Kier alpha value is -1.36. The van der Waals surface area contributed by atoms with Crippen molar-refractivity contribution in [2.24, 2.45) is 0 Å². The van der Waals surface area contributed by atoms with Crippen LogP contribution < -0.4 is 5.32 Å². The van der Waals surface area contributed by atoms with Crippen LogP contribution >= 0.6 is 34.8 Å². The molecule has 0 unspecified atom stereocenters. The predicted octanol–water partition coefficient (Wildman–Crippen LogP) is 3.90. The molecule has 1 aliphatic carbocycles. The van der Waals surface area contributed by atoms with Gasteiger partial charge in [-0.05, 0) is 36.6 Å². The summed E-state index contributed by atoms with van der Waals surface area (Å²) in [6.07, 6.45) is 3.43. The van der Waals surface area contributed by atoms with E-state index in [0.717, 1.165) is 18.4 Å². The molecule has 0 aromatic carbocycles. The summed E-state index contributed by atoms with van der Waals surface area (Å²) in [7, 11) is 0. The number of nitrogens with one attached hydrogen (secondary N) is 1. The third-order valence-electron chi connectivity index (χ3n) is 3.83. The zero-order chi connectivity index (χ0) is 15.7. The smallest absolute Gasteiger partial charge is 0.254 e. The van der Waals surface area contributed by atoms with E-state index in [1.54, 1.807) is 24.4 Å². The third kappa shape index (κ3) is 3.05. The van der Waals surface area contributed by atoms with Crippen molar-refractivity contribution in [1.82, 2.24) is 15.3 Å². The highest BCUT2D eigenvalue weighted by molar-refractivity contribution is 6.33. The molecule has 4 nitrogen and oxygen atoms in total. The number of hydrogen-bond acceptors (Lipinski definition) is 3. The molecule has 1 aliphatic rings. The first-order valence-corrected chi connectivity index (χ1v) is 7.86. The quantitative estimate of drug-likeness (QED) is 0.845. The lowest BCUT2D eigenvalue weighted by Crippen LogP contribution is -2.32. The number of rotatable bonds is 4. The SMILES string of the molecule is O=C(NCC1(c2ccc(Cl)nc2Cl)CC1)c1cccnc1Cl. The van der Waals surface area contributed by atoms with E-state index in [4.69, 9.17) is 34.8 Å². The van der Waals surface area contributed by atoms with Crippen LogP contribution in [0.3, 0.4) is 0 Å². The Morgan fingerprint density at radius 2 is 1.95 bits per heavy atom. The predicted molar refractivity (Wildman–Crippen MR) is 86.7 cm³/mol. The summed E-state index contributed by atoms with van der Waals surface area (Å²) in [5.41, 5.74) is 1.11. The van der Waals surface area contributed by atoms with Crippen molar-refractivity contribution in [1.29, 1.82) is 0 Å². The molecule has 2 aromatic heterocycles. The van der Waals surface area contributed by atoms with Gasteiger partial charge in [-0.25, -0.2) is 9.97 Å². The standard InChI is InChI=1S/C15H12Cl3N3O/c16-11-4-3-10(13(18)21-11)15(5-6-15)8-20-14(22)9-2-1-7-19-12(9)17/h1-4,7H,5-6,8H2,(H,20,22). The van der Waals surface area contributed by atoms with Gasteiger partial charge in [-0.2, -0.15) is 0 Å². The molecule has 1 saturated carbocycles. The molecule has 0 spiro atoms. The van der Waals surface area contributed by atoms with Gasteiger partial charge in [-0.3, -0.25) is 4.79 Å². The molecule has 22 heavy (non-hydrogen) atoms. The van der Waals surface area contributed by atoms with Crippen LogP contribution in [0.5, 0.6) is 0 Å². The molecular formula is C15H12Cl3N3O. The minimum Gasteiger partial charge on any atom is -0.351 e. The highest BCUT2D eigenvalue weighted by atomic mass is 35.5. The number of aromatic nitrogens is 2. The highest BCUT2D eigenvalue weighted by Gasteiger charge is 2.46. The molecule has 2 aromatic rings. The van der Waals surface area contributed by atoms with Crippen LogP contribution in [0.4, 0.5) is 0 Å². The van der Waals surface area contributed by atoms with E-state index in [0.29, 0.717) is 22.4 Å². The van der Waals surface area contributed by atoms with Crippen LogP contribution in [0.1, 0.15) is 28.8 Å². The number of halogens is 3. The number of carbonyl (C=O) groups is 1. The van der Waals surface area contributed by atoms with Gasteiger partial charge in [-0.15, -0.1) is 0 Å². The fourth-order valence-electron chi connectivity index (χ4n) is 2.40. The maximum absolute atomic E-state index is 12.2. The zero-order valence-electron chi connectivity index (χ0n) is 11.4. The van der Waals surface area contributed by atoms with Crippen molar-refractivity contribution in [2.45, 2.75) is 18.3 Å². The average molecular weight is 357 g/mol. The Labute approximate surface area is 142 Å². The molecule has 0 aliphatic heterocycles. The molecule has 0 saturated heterocycles. The largest absolute Gasteiger partial charge is 0.351 e. The summed E-state index contributed by atoms with van der Waals surface area (Å²) in [5, 5.41) is 3.84. The molecule has 0 radical (unpaired) electrons. The first-order chi connectivity index (χ1) is 10.5. The van der Waals surface area contributed by atoms with Crippen LogP contribution in [-0.2, 0) is 5.41 Å². The molecule has 1 N–H and O–H groups in total. The van der Waals surface area contributed by atoms with E-state index < -0.39 is 0 Å². The summed E-state index contributed by atoms with van der Waals surface area (Å²) in [6, 6.07) is 6.89. The summed E-state index contributed by atoms with van der Waals surface area (Å²) in [5.74, 6) is -0.248. The summed E-state index contributed by atoms with van der Waals surface area (Å²) in [6.45, 7) is 0.472.